The standard InChI is InChI=1S/C13H20BrNO3S/c1-9(8-19(4)16)15-7-10-5-11(14)13(18-3)12(6-10)17-2/h5-6,9,15H,7-8H2,1-4H3. The molecule has 0 aromatic heterocycles. The molecule has 1 aromatic rings. The Morgan fingerprint density at radius 3 is 2.58 bits per heavy atom. The number of ether oxygens (including phenoxy) is 2. The summed E-state index contributed by atoms with van der Waals surface area (Å²) in [5.41, 5.74) is 1.08. The minimum Gasteiger partial charge on any atom is -0.493 e. The van der Waals surface area contributed by atoms with Crippen LogP contribution in [0, 0.1) is 0 Å². The molecule has 0 aliphatic rings. The fraction of sp³-hybridized carbons (Fsp3) is 0.538. The molecule has 0 fully saturated rings. The molecule has 1 N–H and O–H groups in total. The molecule has 2 unspecified atom stereocenters. The van der Waals surface area contributed by atoms with Crippen LogP contribution in [0.25, 0.3) is 0 Å². The van der Waals surface area contributed by atoms with E-state index in [2.05, 4.69) is 21.2 Å². The lowest BCUT2D eigenvalue weighted by Gasteiger charge is -2.15. The largest absolute Gasteiger partial charge is 0.493 e. The molecular weight excluding hydrogens is 330 g/mol. The molecule has 0 aliphatic heterocycles. The first kappa shape index (κ1) is 16.5. The van der Waals surface area contributed by atoms with Crippen LogP contribution in [0.4, 0.5) is 0 Å². The van der Waals surface area contributed by atoms with Gasteiger partial charge in [0, 0.05) is 35.4 Å². The predicted molar refractivity (Wildman–Crippen MR) is 82.5 cm³/mol. The van der Waals surface area contributed by atoms with E-state index in [9.17, 15) is 4.21 Å². The first-order valence-electron chi connectivity index (χ1n) is 5.91. The Morgan fingerprint density at radius 1 is 1.37 bits per heavy atom. The highest BCUT2D eigenvalue weighted by molar-refractivity contribution is 9.10. The summed E-state index contributed by atoms with van der Waals surface area (Å²) in [7, 11) is 2.44. The van der Waals surface area contributed by atoms with Crippen molar-refractivity contribution in [1.29, 1.82) is 0 Å². The zero-order valence-corrected chi connectivity index (χ0v) is 14.1. The number of methoxy groups -OCH3 is 2. The van der Waals surface area contributed by atoms with Crippen LogP contribution in [0.2, 0.25) is 0 Å². The molecule has 0 radical (unpaired) electrons. The van der Waals surface area contributed by atoms with Crippen molar-refractivity contribution < 1.29 is 13.7 Å². The second-order valence-corrected chi connectivity index (χ2v) is 6.67. The van der Waals surface area contributed by atoms with Crippen LogP contribution in [-0.2, 0) is 17.3 Å². The Balaban J connectivity index is 2.74. The van der Waals surface area contributed by atoms with Crippen LogP contribution in [0.3, 0.4) is 0 Å². The third kappa shape index (κ3) is 5.12. The van der Waals surface area contributed by atoms with Crippen LogP contribution in [0.15, 0.2) is 16.6 Å². The van der Waals surface area contributed by atoms with Gasteiger partial charge < -0.3 is 14.8 Å². The quantitative estimate of drug-likeness (QED) is 0.820. The number of rotatable bonds is 7. The lowest BCUT2D eigenvalue weighted by molar-refractivity contribution is 0.352. The van der Waals surface area contributed by atoms with Crippen molar-refractivity contribution in [3.63, 3.8) is 0 Å². The van der Waals surface area contributed by atoms with Gasteiger partial charge in [-0.05, 0) is 40.5 Å². The number of nitrogens with one attached hydrogen (secondary N) is 1. The summed E-state index contributed by atoms with van der Waals surface area (Å²) < 4.78 is 22.6. The lowest BCUT2D eigenvalue weighted by atomic mass is 10.2. The maximum atomic E-state index is 11.1. The highest BCUT2D eigenvalue weighted by atomic mass is 79.9. The molecule has 108 valence electrons. The predicted octanol–water partition coefficient (Wildman–Crippen LogP) is 2.32. The van der Waals surface area contributed by atoms with E-state index in [1.54, 1.807) is 20.5 Å². The van der Waals surface area contributed by atoms with Gasteiger partial charge >= 0.3 is 0 Å². The van der Waals surface area contributed by atoms with Crippen LogP contribution in [0.1, 0.15) is 12.5 Å². The average molecular weight is 350 g/mol. The van der Waals surface area contributed by atoms with E-state index in [0.717, 1.165) is 10.0 Å². The van der Waals surface area contributed by atoms with Crippen LogP contribution >= 0.6 is 15.9 Å². The Bertz CT molecular complexity index is 454. The fourth-order valence-corrected chi connectivity index (χ4v) is 3.25. The number of hydrogen-bond donors (Lipinski definition) is 1. The lowest BCUT2D eigenvalue weighted by Crippen LogP contribution is -2.30. The van der Waals surface area contributed by atoms with E-state index in [-0.39, 0.29) is 6.04 Å². The topological polar surface area (TPSA) is 47.6 Å². The van der Waals surface area contributed by atoms with E-state index in [1.165, 1.54) is 0 Å². The second kappa shape index (κ2) is 7.87. The zero-order chi connectivity index (χ0) is 14.4. The van der Waals surface area contributed by atoms with Gasteiger partial charge in [0.25, 0.3) is 0 Å². The molecule has 6 heteroatoms. The molecule has 0 amide bonds. The molecule has 0 saturated carbocycles. The van der Waals surface area contributed by atoms with Gasteiger partial charge in [-0.1, -0.05) is 0 Å². The third-order valence-corrected chi connectivity index (χ3v) is 4.19. The molecular formula is C13H20BrNO3S. The summed E-state index contributed by atoms with van der Waals surface area (Å²) in [6.07, 6.45) is 1.71. The summed E-state index contributed by atoms with van der Waals surface area (Å²) in [6.45, 7) is 2.72. The Morgan fingerprint density at radius 2 is 2.05 bits per heavy atom. The Hall–Kier alpha value is -0.590. The van der Waals surface area contributed by atoms with Gasteiger partial charge in [-0.15, -0.1) is 0 Å². The smallest absolute Gasteiger partial charge is 0.174 e. The van der Waals surface area contributed by atoms with Crippen molar-refractivity contribution in [2.45, 2.75) is 19.5 Å². The van der Waals surface area contributed by atoms with Crippen LogP contribution in [-0.4, -0.2) is 36.5 Å². The van der Waals surface area contributed by atoms with E-state index >= 15 is 0 Å². The van der Waals surface area contributed by atoms with Gasteiger partial charge in [0.15, 0.2) is 11.5 Å². The van der Waals surface area contributed by atoms with Crippen LogP contribution in [0.5, 0.6) is 11.5 Å². The highest BCUT2D eigenvalue weighted by Crippen LogP contribution is 2.36. The molecule has 1 aromatic carbocycles. The summed E-state index contributed by atoms with van der Waals surface area (Å²) in [4.78, 5) is 0. The van der Waals surface area contributed by atoms with Crippen molar-refractivity contribution in [3.05, 3.63) is 22.2 Å². The second-order valence-electron chi connectivity index (χ2n) is 4.33. The number of hydrogen-bond acceptors (Lipinski definition) is 4. The van der Waals surface area contributed by atoms with Crippen molar-refractivity contribution in [3.8, 4) is 11.5 Å². The first-order chi connectivity index (χ1) is 8.97. The monoisotopic (exact) mass is 349 g/mol. The number of halogens is 1. The zero-order valence-electron chi connectivity index (χ0n) is 11.7. The first-order valence-corrected chi connectivity index (χ1v) is 8.43. The van der Waals surface area contributed by atoms with Gasteiger partial charge in [0.2, 0.25) is 0 Å². The maximum Gasteiger partial charge on any atom is 0.174 e. The SMILES string of the molecule is COc1cc(CNC(C)CS(C)=O)cc(Br)c1OC. The summed E-state index contributed by atoms with van der Waals surface area (Å²) in [5.74, 6) is 2.03. The molecule has 2 atom stereocenters. The minimum atomic E-state index is -0.785. The van der Waals surface area contributed by atoms with E-state index in [1.807, 2.05) is 19.1 Å². The van der Waals surface area contributed by atoms with E-state index < -0.39 is 10.8 Å². The van der Waals surface area contributed by atoms with Crippen molar-refractivity contribution in [2.24, 2.45) is 0 Å². The summed E-state index contributed by atoms with van der Waals surface area (Å²) in [6, 6.07) is 4.13. The van der Waals surface area contributed by atoms with E-state index in [0.29, 0.717) is 23.8 Å². The Labute approximate surface area is 125 Å². The molecule has 19 heavy (non-hydrogen) atoms. The molecule has 0 aliphatic carbocycles. The van der Waals surface area contributed by atoms with Crippen molar-refractivity contribution in [2.75, 3.05) is 26.2 Å². The molecule has 0 heterocycles. The van der Waals surface area contributed by atoms with E-state index in [4.69, 9.17) is 9.47 Å². The van der Waals surface area contributed by atoms with Gasteiger partial charge in [-0.3, -0.25) is 4.21 Å². The third-order valence-electron chi connectivity index (χ3n) is 2.63. The highest BCUT2D eigenvalue weighted by Gasteiger charge is 2.11. The molecule has 0 spiro atoms. The summed E-state index contributed by atoms with van der Waals surface area (Å²) in [5, 5.41) is 3.34. The average Bonchev–Trinajstić information content (AvgIpc) is 2.34. The molecule has 1 rings (SSSR count). The summed E-state index contributed by atoms with van der Waals surface area (Å²) >= 11 is 3.46. The maximum absolute atomic E-state index is 11.1. The Kier molecular flexibility index (Phi) is 6.82. The minimum absolute atomic E-state index is 0.206. The van der Waals surface area contributed by atoms with Gasteiger partial charge in [0.1, 0.15) is 0 Å². The fourth-order valence-electron chi connectivity index (χ4n) is 1.78. The van der Waals surface area contributed by atoms with Gasteiger partial charge in [-0.2, -0.15) is 0 Å². The normalized spacial score (nSPS) is 13.9. The number of benzene rings is 1. The van der Waals surface area contributed by atoms with Crippen molar-refractivity contribution >= 4 is 26.7 Å². The van der Waals surface area contributed by atoms with Gasteiger partial charge in [0.05, 0.1) is 18.7 Å². The molecule has 4 nitrogen and oxygen atoms in total. The molecule has 0 bridgehead atoms. The van der Waals surface area contributed by atoms with Gasteiger partial charge in [-0.25, -0.2) is 0 Å². The van der Waals surface area contributed by atoms with Crippen LogP contribution < -0.4 is 14.8 Å². The van der Waals surface area contributed by atoms with Crippen molar-refractivity contribution in [1.82, 2.24) is 5.32 Å². The molecule has 0 saturated heterocycles.